The number of hydrogen-bond acceptors (Lipinski definition) is 4. The summed E-state index contributed by atoms with van der Waals surface area (Å²) in [6.07, 6.45) is -0.474. The summed E-state index contributed by atoms with van der Waals surface area (Å²) in [6.45, 7) is 10.5. The smallest absolute Gasteiger partial charge is 0.338 e. The maximum absolute atomic E-state index is 11.9. The van der Waals surface area contributed by atoms with Gasteiger partial charge in [-0.2, -0.15) is 0 Å². The number of esters is 1. The maximum atomic E-state index is 11.9. The molecule has 1 aromatic carbocycles. The molecule has 0 saturated carbocycles. The molecule has 0 bridgehead atoms. The van der Waals surface area contributed by atoms with Gasteiger partial charge in [-0.1, -0.05) is 39.0 Å². The zero-order valence-electron chi connectivity index (χ0n) is 13.6. The maximum Gasteiger partial charge on any atom is 0.338 e. The van der Waals surface area contributed by atoms with Crippen molar-refractivity contribution >= 4 is 14.3 Å². The van der Waals surface area contributed by atoms with Crippen LogP contribution >= 0.6 is 0 Å². The fourth-order valence-electron chi connectivity index (χ4n) is 1.54. The van der Waals surface area contributed by atoms with Gasteiger partial charge in [-0.25, -0.2) is 4.79 Å². The van der Waals surface area contributed by atoms with Crippen LogP contribution in [0.1, 0.15) is 31.1 Å². The Balaban J connectivity index is 2.58. The van der Waals surface area contributed by atoms with Crippen LogP contribution in [0.5, 0.6) is 0 Å². The number of aliphatic hydroxyl groups excluding tert-OH is 1. The standard InChI is InChI=1S/C16H26O4Si/c1-16(2,3)21(4,5)20-14(11-17)12-19-15(18)13-9-7-6-8-10-13/h6-10,14,17H,11-12H2,1-5H3. The highest BCUT2D eigenvalue weighted by Gasteiger charge is 2.39. The Hall–Kier alpha value is -1.17. The van der Waals surface area contributed by atoms with Crippen molar-refractivity contribution < 1.29 is 19.1 Å². The Morgan fingerprint density at radius 3 is 2.29 bits per heavy atom. The van der Waals surface area contributed by atoms with Crippen molar-refractivity contribution in [2.75, 3.05) is 13.2 Å². The largest absolute Gasteiger partial charge is 0.459 e. The molecule has 21 heavy (non-hydrogen) atoms. The van der Waals surface area contributed by atoms with Crippen LogP contribution in [0, 0.1) is 0 Å². The molecule has 0 aliphatic rings. The van der Waals surface area contributed by atoms with Crippen LogP contribution in [0.2, 0.25) is 18.1 Å². The van der Waals surface area contributed by atoms with Crippen molar-refractivity contribution in [2.45, 2.75) is 45.0 Å². The monoisotopic (exact) mass is 310 g/mol. The van der Waals surface area contributed by atoms with E-state index >= 15 is 0 Å². The predicted octanol–water partition coefficient (Wildman–Crippen LogP) is 3.23. The van der Waals surface area contributed by atoms with Crippen molar-refractivity contribution in [1.29, 1.82) is 0 Å². The first kappa shape index (κ1) is 17.9. The Morgan fingerprint density at radius 1 is 1.24 bits per heavy atom. The summed E-state index contributed by atoms with van der Waals surface area (Å²) in [5.74, 6) is -0.395. The highest BCUT2D eigenvalue weighted by molar-refractivity contribution is 6.74. The zero-order chi connectivity index (χ0) is 16.1. The molecule has 4 nitrogen and oxygen atoms in total. The summed E-state index contributed by atoms with van der Waals surface area (Å²) in [5.41, 5.74) is 0.501. The molecule has 0 aliphatic heterocycles. The van der Waals surface area contributed by atoms with Crippen molar-refractivity contribution in [1.82, 2.24) is 0 Å². The summed E-state index contributed by atoms with van der Waals surface area (Å²) >= 11 is 0. The van der Waals surface area contributed by atoms with Gasteiger partial charge in [-0.05, 0) is 30.3 Å². The lowest BCUT2D eigenvalue weighted by atomic mass is 10.2. The SMILES string of the molecule is CC(C)(C)[Si](C)(C)OC(CO)COC(=O)c1ccccc1. The van der Waals surface area contributed by atoms with E-state index in [0.717, 1.165) is 0 Å². The molecule has 1 atom stereocenters. The zero-order valence-corrected chi connectivity index (χ0v) is 14.6. The molecule has 5 heteroatoms. The molecule has 118 valence electrons. The van der Waals surface area contributed by atoms with Gasteiger partial charge in [0, 0.05) is 0 Å². The van der Waals surface area contributed by atoms with Crippen LogP contribution in [-0.4, -0.2) is 38.7 Å². The number of benzene rings is 1. The summed E-state index contributed by atoms with van der Waals surface area (Å²) in [5, 5.41) is 9.49. The molecule has 1 N–H and O–H groups in total. The van der Waals surface area contributed by atoms with Gasteiger partial charge in [0.25, 0.3) is 0 Å². The van der Waals surface area contributed by atoms with Gasteiger partial charge in [0.15, 0.2) is 8.32 Å². The van der Waals surface area contributed by atoms with E-state index in [9.17, 15) is 9.90 Å². The summed E-state index contributed by atoms with van der Waals surface area (Å²) in [6, 6.07) is 8.81. The average Bonchev–Trinajstić information content (AvgIpc) is 2.42. The van der Waals surface area contributed by atoms with Gasteiger partial charge < -0.3 is 14.3 Å². The van der Waals surface area contributed by atoms with E-state index in [-0.39, 0.29) is 18.3 Å². The van der Waals surface area contributed by atoms with Gasteiger partial charge in [0.1, 0.15) is 12.7 Å². The van der Waals surface area contributed by atoms with Crippen LogP contribution in [0.25, 0.3) is 0 Å². The Bertz CT molecular complexity index is 451. The molecule has 0 amide bonds. The van der Waals surface area contributed by atoms with Crippen molar-refractivity contribution in [3.8, 4) is 0 Å². The second kappa shape index (κ2) is 7.20. The first-order valence-corrected chi connectivity index (χ1v) is 10.1. The van der Waals surface area contributed by atoms with E-state index in [1.165, 1.54) is 0 Å². The van der Waals surface area contributed by atoms with E-state index in [4.69, 9.17) is 9.16 Å². The topological polar surface area (TPSA) is 55.8 Å². The van der Waals surface area contributed by atoms with Crippen molar-refractivity contribution in [3.63, 3.8) is 0 Å². The van der Waals surface area contributed by atoms with Crippen LogP contribution in [-0.2, 0) is 9.16 Å². The molecule has 0 spiro atoms. The molecule has 1 rings (SSSR count). The van der Waals surface area contributed by atoms with Gasteiger partial charge in [-0.15, -0.1) is 0 Å². The first-order chi connectivity index (χ1) is 9.67. The molecule has 1 unspecified atom stereocenters. The molecule has 1 aromatic rings. The van der Waals surface area contributed by atoms with Crippen LogP contribution in [0.4, 0.5) is 0 Å². The molecular weight excluding hydrogens is 284 g/mol. The number of ether oxygens (including phenoxy) is 1. The predicted molar refractivity (Wildman–Crippen MR) is 85.9 cm³/mol. The van der Waals surface area contributed by atoms with Gasteiger partial charge in [0.05, 0.1) is 12.2 Å². The lowest BCUT2D eigenvalue weighted by Gasteiger charge is -2.38. The van der Waals surface area contributed by atoms with E-state index in [1.54, 1.807) is 24.3 Å². The van der Waals surface area contributed by atoms with Gasteiger partial charge in [-0.3, -0.25) is 0 Å². The second-order valence-electron chi connectivity index (χ2n) is 6.65. The number of hydrogen-bond donors (Lipinski definition) is 1. The van der Waals surface area contributed by atoms with E-state index in [0.29, 0.717) is 5.56 Å². The van der Waals surface area contributed by atoms with Crippen molar-refractivity contribution in [3.05, 3.63) is 35.9 Å². The molecule has 0 saturated heterocycles. The summed E-state index contributed by atoms with van der Waals surface area (Å²) in [4.78, 5) is 11.9. The number of rotatable bonds is 6. The highest BCUT2D eigenvalue weighted by Crippen LogP contribution is 2.37. The quantitative estimate of drug-likeness (QED) is 0.647. The summed E-state index contributed by atoms with van der Waals surface area (Å²) in [7, 11) is -1.99. The Kier molecular flexibility index (Phi) is 6.13. The van der Waals surface area contributed by atoms with E-state index in [2.05, 4.69) is 33.9 Å². The first-order valence-electron chi connectivity index (χ1n) is 7.18. The molecule has 0 heterocycles. The second-order valence-corrected chi connectivity index (χ2v) is 11.4. The molecular formula is C16H26O4Si. The number of carbonyl (C=O) groups is 1. The minimum absolute atomic E-state index is 0.0455. The minimum Gasteiger partial charge on any atom is -0.459 e. The van der Waals surface area contributed by atoms with Crippen LogP contribution in [0.15, 0.2) is 30.3 Å². The average molecular weight is 310 g/mol. The molecule has 0 aliphatic carbocycles. The van der Waals surface area contributed by atoms with Crippen LogP contribution < -0.4 is 0 Å². The van der Waals surface area contributed by atoms with Crippen LogP contribution in [0.3, 0.4) is 0 Å². The molecule has 0 radical (unpaired) electrons. The van der Waals surface area contributed by atoms with Gasteiger partial charge in [0.2, 0.25) is 0 Å². The fourth-order valence-corrected chi connectivity index (χ4v) is 2.87. The van der Waals surface area contributed by atoms with E-state index in [1.807, 2.05) is 6.07 Å². The van der Waals surface area contributed by atoms with Gasteiger partial charge >= 0.3 is 5.97 Å². The lowest BCUT2D eigenvalue weighted by molar-refractivity contribution is 0.0137. The highest BCUT2D eigenvalue weighted by atomic mass is 28.4. The third kappa shape index (κ3) is 5.26. The Labute approximate surface area is 128 Å². The van der Waals surface area contributed by atoms with E-state index < -0.39 is 20.4 Å². The number of aliphatic hydroxyl groups is 1. The van der Waals surface area contributed by atoms with Crippen molar-refractivity contribution in [2.24, 2.45) is 0 Å². The third-order valence-electron chi connectivity index (χ3n) is 3.88. The number of carbonyl (C=O) groups excluding carboxylic acids is 1. The fraction of sp³-hybridized carbons (Fsp3) is 0.562. The lowest BCUT2D eigenvalue weighted by Crippen LogP contribution is -2.46. The molecule has 0 fully saturated rings. The molecule has 0 aromatic heterocycles. The third-order valence-corrected chi connectivity index (χ3v) is 8.42. The Morgan fingerprint density at radius 2 is 1.81 bits per heavy atom. The summed E-state index contributed by atoms with van der Waals surface area (Å²) < 4.78 is 11.3. The normalized spacial score (nSPS) is 13.8. The minimum atomic E-state index is -1.99.